The van der Waals surface area contributed by atoms with Crippen molar-refractivity contribution in [3.63, 3.8) is 0 Å². The Kier molecular flexibility index (Phi) is 3.60. The van der Waals surface area contributed by atoms with E-state index in [9.17, 15) is 4.79 Å². The highest BCUT2D eigenvalue weighted by Gasteiger charge is 2.31. The summed E-state index contributed by atoms with van der Waals surface area (Å²) in [6.45, 7) is 2.38. The molecule has 20 heavy (non-hydrogen) atoms. The van der Waals surface area contributed by atoms with E-state index < -0.39 is 0 Å². The summed E-state index contributed by atoms with van der Waals surface area (Å²) in [5, 5.41) is 5.86. The summed E-state index contributed by atoms with van der Waals surface area (Å²) in [5.41, 5.74) is 0.815. The summed E-state index contributed by atoms with van der Waals surface area (Å²) in [6.07, 6.45) is 6.97. The summed E-state index contributed by atoms with van der Waals surface area (Å²) < 4.78 is 0. The number of hydrogen-bond acceptors (Lipinski definition) is 6. The van der Waals surface area contributed by atoms with Crippen molar-refractivity contribution in [2.75, 3.05) is 11.9 Å². The first-order valence-corrected chi connectivity index (χ1v) is 7.38. The molecule has 1 aliphatic heterocycles. The molecule has 1 atom stereocenters. The number of aromatic nitrogens is 3. The first-order chi connectivity index (χ1) is 9.75. The van der Waals surface area contributed by atoms with Gasteiger partial charge < -0.3 is 10.2 Å². The smallest absolute Gasteiger partial charge is 0.220 e. The summed E-state index contributed by atoms with van der Waals surface area (Å²) in [5.74, 6) is 0.763. The molecule has 0 unspecified atom stereocenters. The van der Waals surface area contributed by atoms with Gasteiger partial charge in [0.2, 0.25) is 5.91 Å². The van der Waals surface area contributed by atoms with Gasteiger partial charge >= 0.3 is 0 Å². The molecule has 1 amide bonds. The lowest BCUT2D eigenvalue weighted by atomic mass is 10.1. The monoisotopic (exact) mass is 289 g/mol. The number of carbonyl (C=O) groups is 1. The van der Waals surface area contributed by atoms with Gasteiger partial charge in [0.05, 0.1) is 6.04 Å². The van der Waals surface area contributed by atoms with Crippen molar-refractivity contribution < 1.29 is 4.79 Å². The van der Waals surface area contributed by atoms with Crippen molar-refractivity contribution in [1.82, 2.24) is 19.9 Å². The number of anilines is 2. The predicted molar refractivity (Wildman–Crippen MR) is 76.8 cm³/mol. The van der Waals surface area contributed by atoms with Gasteiger partial charge in [-0.25, -0.2) is 9.97 Å². The maximum Gasteiger partial charge on any atom is 0.220 e. The van der Waals surface area contributed by atoms with E-state index in [1.165, 1.54) is 11.3 Å². The Bertz CT molecular complexity index is 601. The predicted octanol–water partition coefficient (Wildman–Crippen LogP) is 2.36. The Hall–Kier alpha value is -2.02. The van der Waals surface area contributed by atoms with Gasteiger partial charge in [-0.05, 0) is 12.8 Å². The maximum atomic E-state index is 11.7. The molecule has 0 saturated carbocycles. The van der Waals surface area contributed by atoms with Crippen LogP contribution in [0, 0.1) is 0 Å². The van der Waals surface area contributed by atoms with Gasteiger partial charge in [0.15, 0.2) is 10.9 Å². The molecule has 1 fully saturated rings. The van der Waals surface area contributed by atoms with Crippen LogP contribution in [0.5, 0.6) is 0 Å². The van der Waals surface area contributed by atoms with E-state index in [1.807, 2.05) is 10.3 Å². The topological polar surface area (TPSA) is 71.0 Å². The van der Waals surface area contributed by atoms with Crippen molar-refractivity contribution >= 4 is 28.2 Å². The molecule has 2 aromatic heterocycles. The fraction of sp³-hybridized carbons (Fsp3) is 0.385. The molecule has 7 heteroatoms. The molecule has 0 aliphatic carbocycles. The third-order valence-electron chi connectivity index (χ3n) is 3.36. The molecule has 1 saturated heterocycles. The zero-order valence-corrected chi connectivity index (χ0v) is 11.9. The van der Waals surface area contributed by atoms with E-state index >= 15 is 0 Å². The quantitative estimate of drug-likeness (QED) is 0.939. The fourth-order valence-electron chi connectivity index (χ4n) is 2.50. The average Bonchev–Trinajstić information content (AvgIpc) is 3.09. The van der Waals surface area contributed by atoms with Crippen molar-refractivity contribution in [2.45, 2.75) is 25.8 Å². The van der Waals surface area contributed by atoms with Crippen LogP contribution in [0.4, 0.5) is 10.9 Å². The van der Waals surface area contributed by atoms with Crippen LogP contribution in [-0.4, -0.2) is 32.3 Å². The Morgan fingerprint density at radius 2 is 2.20 bits per heavy atom. The first-order valence-electron chi connectivity index (χ1n) is 6.50. The lowest BCUT2D eigenvalue weighted by Crippen LogP contribution is -2.29. The second kappa shape index (κ2) is 5.54. The highest BCUT2D eigenvalue weighted by atomic mass is 32.1. The highest BCUT2D eigenvalue weighted by Crippen LogP contribution is 2.34. The third kappa shape index (κ3) is 2.49. The molecule has 104 valence electrons. The number of nitrogens with zero attached hydrogens (tertiary/aromatic N) is 4. The minimum Gasteiger partial charge on any atom is -0.334 e. The second-order valence-electron chi connectivity index (χ2n) is 4.62. The van der Waals surface area contributed by atoms with Crippen LogP contribution in [0.1, 0.15) is 31.5 Å². The number of thiazole rings is 1. The van der Waals surface area contributed by atoms with Crippen LogP contribution in [0.3, 0.4) is 0 Å². The molecule has 1 aliphatic rings. The first kappa shape index (κ1) is 13.0. The number of nitrogens with one attached hydrogen (secondary N) is 1. The normalized spacial score (nSPS) is 18.2. The van der Waals surface area contributed by atoms with E-state index in [0.717, 1.165) is 30.2 Å². The van der Waals surface area contributed by atoms with Crippen molar-refractivity contribution in [3.05, 3.63) is 29.7 Å². The van der Waals surface area contributed by atoms with E-state index in [-0.39, 0.29) is 11.9 Å². The Labute approximate surface area is 120 Å². The lowest BCUT2D eigenvalue weighted by Gasteiger charge is -2.23. The Morgan fingerprint density at radius 1 is 1.35 bits per heavy atom. The van der Waals surface area contributed by atoms with Gasteiger partial charge in [-0.3, -0.25) is 9.78 Å². The standard InChI is InChI=1S/C13H15N5OS/c1-9(19)18-7-2-3-10(18)11-12(15-5-4-14-11)17-13-16-6-8-20-13/h4-6,8,10H,2-3,7H2,1H3,(H,15,16,17)/t10-/m1/s1. The summed E-state index contributed by atoms with van der Waals surface area (Å²) in [6, 6.07) is 0.00339. The third-order valence-corrected chi connectivity index (χ3v) is 4.05. The zero-order chi connectivity index (χ0) is 13.9. The molecule has 2 aromatic rings. The molecule has 0 spiro atoms. The number of carbonyl (C=O) groups excluding carboxylic acids is 1. The fourth-order valence-corrected chi connectivity index (χ4v) is 3.03. The van der Waals surface area contributed by atoms with E-state index in [2.05, 4.69) is 20.3 Å². The van der Waals surface area contributed by atoms with Gasteiger partial charge in [0, 0.05) is 37.4 Å². The largest absolute Gasteiger partial charge is 0.334 e. The Balaban J connectivity index is 1.91. The number of amides is 1. The van der Waals surface area contributed by atoms with Crippen LogP contribution in [0.2, 0.25) is 0 Å². The summed E-state index contributed by atoms with van der Waals surface area (Å²) in [4.78, 5) is 26.5. The number of hydrogen-bond donors (Lipinski definition) is 1. The number of likely N-dealkylation sites (tertiary alicyclic amines) is 1. The van der Waals surface area contributed by atoms with Crippen molar-refractivity contribution in [3.8, 4) is 0 Å². The second-order valence-corrected chi connectivity index (χ2v) is 5.52. The number of rotatable bonds is 3. The van der Waals surface area contributed by atoms with Crippen LogP contribution in [0.15, 0.2) is 24.0 Å². The Morgan fingerprint density at radius 3 is 2.95 bits per heavy atom. The lowest BCUT2D eigenvalue weighted by molar-refractivity contribution is -0.129. The van der Waals surface area contributed by atoms with E-state index in [1.54, 1.807) is 25.5 Å². The molecule has 1 N–H and O–H groups in total. The summed E-state index contributed by atoms with van der Waals surface area (Å²) in [7, 11) is 0. The van der Waals surface area contributed by atoms with Crippen LogP contribution in [0.25, 0.3) is 0 Å². The van der Waals surface area contributed by atoms with Gasteiger partial charge in [0.1, 0.15) is 5.69 Å². The van der Waals surface area contributed by atoms with Crippen LogP contribution >= 0.6 is 11.3 Å². The molecular formula is C13H15N5OS. The molecule has 3 rings (SSSR count). The van der Waals surface area contributed by atoms with Crippen LogP contribution < -0.4 is 5.32 Å². The SMILES string of the molecule is CC(=O)N1CCC[C@@H]1c1nccnc1Nc1nccs1. The van der Waals surface area contributed by atoms with E-state index in [0.29, 0.717) is 5.82 Å². The molecule has 6 nitrogen and oxygen atoms in total. The van der Waals surface area contributed by atoms with Crippen molar-refractivity contribution in [2.24, 2.45) is 0 Å². The van der Waals surface area contributed by atoms with Gasteiger partial charge in [-0.1, -0.05) is 0 Å². The molecule has 0 radical (unpaired) electrons. The van der Waals surface area contributed by atoms with E-state index in [4.69, 9.17) is 0 Å². The van der Waals surface area contributed by atoms with Gasteiger partial charge in [0.25, 0.3) is 0 Å². The van der Waals surface area contributed by atoms with Crippen LogP contribution in [-0.2, 0) is 4.79 Å². The highest BCUT2D eigenvalue weighted by molar-refractivity contribution is 7.13. The average molecular weight is 289 g/mol. The minimum absolute atomic E-state index is 0.00339. The molecular weight excluding hydrogens is 274 g/mol. The molecule has 0 aromatic carbocycles. The zero-order valence-electron chi connectivity index (χ0n) is 11.1. The summed E-state index contributed by atoms with van der Waals surface area (Å²) >= 11 is 1.51. The van der Waals surface area contributed by atoms with Crippen molar-refractivity contribution in [1.29, 1.82) is 0 Å². The minimum atomic E-state index is 0.00339. The van der Waals surface area contributed by atoms with Gasteiger partial charge in [-0.2, -0.15) is 0 Å². The van der Waals surface area contributed by atoms with Gasteiger partial charge in [-0.15, -0.1) is 11.3 Å². The maximum absolute atomic E-state index is 11.7. The molecule has 3 heterocycles. The molecule has 0 bridgehead atoms.